The Bertz CT molecular complexity index is 670. The molecule has 0 bridgehead atoms. The van der Waals surface area contributed by atoms with Crippen LogP contribution >= 0.6 is 0 Å². The van der Waals surface area contributed by atoms with Gasteiger partial charge in [-0.25, -0.2) is 0 Å². The van der Waals surface area contributed by atoms with Crippen molar-refractivity contribution in [2.75, 3.05) is 27.9 Å². The van der Waals surface area contributed by atoms with E-state index in [-0.39, 0.29) is 5.91 Å². The molecule has 0 atom stereocenters. The highest BCUT2D eigenvalue weighted by atomic mass is 16.5. The number of hydrogen-bond donors (Lipinski definition) is 1. The normalized spacial score (nSPS) is 10.0. The molecule has 0 heterocycles. The minimum Gasteiger partial charge on any atom is -0.497 e. The van der Waals surface area contributed by atoms with Gasteiger partial charge in [0.25, 0.3) is 5.91 Å². The third-order valence-corrected chi connectivity index (χ3v) is 3.48. The van der Waals surface area contributed by atoms with E-state index in [4.69, 9.17) is 14.2 Å². The highest BCUT2D eigenvalue weighted by Gasteiger charge is 2.10. The largest absolute Gasteiger partial charge is 0.497 e. The highest BCUT2D eigenvalue weighted by molar-refractivity contribution is 5.94. The third kappa shape index (κ3) is 4.39. The van der Waals surface area contributed by atoms with Crippen molar-refractivity contribution < 1.29 is 19.0 Å². The third-order valence-electron chi connectivity index (χ3n) is 3.48. The summed E-state index contributed by atoms with van der Waals surface area (Å²) < 4.78 is 15.6. The molecule has 0 fully saturated rings. The van der Waals surface area contributed by atoms with Crippen LogP contribution in [0.2, 0.25) is 0 Å². The van der Waals surface area contributed by atoms with Gasteiger partial charge >= 0.3 is 0 Å². The summed E-state index contributed by atoms with van der Waals surface area (Å²) in [4.78, 5) is 12.2. The smallest absolute Gasteiger partial charge is 0.251 e. The molecule has 0 unspecified atom stereocenters. The Kier molecular flexibility index (Phi) is 5.86. The molecule has 1 N–H and O–H groups in total. The van der Waals surface area contributed by atoms with E-state index in [9.17, 15) is 4.79 Å². The van der Waals surface area contributed by atoms with Crippen molar-refractivity contribution in [3.8, 4) is 17.2 Å². The number of hydrogen-bond acceptors (Lipinski definition) is 4. The number of amides is 1. The van der Waals surface area contributed by atoms with Crippen LogP contribution in [0.3, 0.4) is 0 Å². The summed E-state index contributed by atoms with van der Waals surface area (Å²) in [5, 5.41) is 2.90. The zero-order chi connectivity index (χ0) is 16.7. The molecule has 2 rings (SSSR count). The van der Waals surface area contributed by atoms with Gasteiger partial charge in [0.2, 0.25) is 0 Å². The van der Waals surface area contributed by atoms with Gasteiger partial charge in [0, 0.05) is 12.1 Å². The standard InChI is InChI=1S/C18H21NO4/c1-21-15-6-4-5-13(11-15)9-10-19-18(20)14-7-8-16(22-2)17(12-14)23-3/h4-8,11-12H,9-10H2,1-3H3,(H,19,20). The quantitative estimate of drug-likeness (QED) is 0.853. The lowest BCUT2D eigenvalue weighted by molar-refractivity contribution is 0.0953. The van der Waals surface area contributed by atoms with Crippen LogP contribution in [-0.4, -0.2) is 33.8 Å². The average molecular weight is 315 g/mol. The SMILES string of the molecule is COc1cccc(CCNC(=O)c2ccc(OC)c(OC)c2)c1. The van der Waals surface area contributed by atoms with Gasteiger partial charge in [0.15, 0.2) is 11.5 Å². The number of carbonyl (C=O) groups excluding carboxylic acids is 1. The molecule has 0 saturated heterocycles. The number of methoxy groups -OCH3 is 3. The van der Waals surface area contributed by atoms with Crippen molar-refractivity contribution >= 4 is 5.91 Å². The number of benzene rings is 2. The Balaban J connectivity index is 1.94. The van der Waals surface area contributed by atoms with E-state index in [0.29, 0.717) is 23.6 Å². The van der Waals surface area contributed by atoms with E-state index < -0.39 is 0 Å². The minimum absolute atomic E-state index is 0.145. The van der Waals surface area contributed by atoms with E-state index in [1.54, 1.807) is 39.5 Å². The Morgan fingerprint density at radius 3 is 2.43 bits per heavy atom. The van der Waals surface area contributed by atoms with Gasteiger partial charge in [-0.1, -0.05) is 12.1 Å². The second-order valence-electron chi connectivity index (χ2n) is 4.93. The molecular formula is C18H21NO4. The van der Waals surface area contributed by atoms with Crippen molar-refractivity contribution in [1.82, 2.24) is 5.32 Å². The average Bonchev–Trinajstić information content (AvgIpc) is 2.61. The zero-order valence-corrected chi connectivity index (χ0v) is 13.6. The first-order chi connectivity index (χ1) is 11.2. The van der Waals surface area contributed by atoms with Crippen LogP contribution in [0.25, 0.3) is 0 Å². The molecule has 122 valence electrons. The van der Waals surface area contributed by atoms with Crippen LogP contribution in [0.4, 0.5) is 0 Å². The molecule has 0 aliphatic carbocycles. The fraction of sp³-hybridized carbons (Fsp3) is 0.278. The summed E-state index contributed by atoms with van der Waals surface area (Å²) in [5.41, 5.74) is 1.64. The number of ether oxygens (including phenoxy) is 3. The van der Waals surface area contributed by atoms with Gasteiger partial charge in [-0.05, 0) is 42.3 Å². The molecule has 0 radical (unpaired) electrons. The number of nitrogens with one attached hydrogen (secondary N) is 1. The van der Waals surface area contributed by atoms with Gasteiger partial charge in [-0.2, -0.15) is 0 Å². The van der Waals surface area contributed by atoms with Gasteiger partial charge < -0.3 is 19.5 Å². The van der Waals surface area contributed by atoms with Crippen molar-refractivity contribution in [2.24, 2.45) is 0 Å². The Morgan fingerprint density at radius 2 is 1.74 bits per heavy atom. The Hall–Kier alpha value is -2.69. The first-order valence-electron chi connectivity index (χ1n) is 7.31. The van der Waals surface area contributed by atoms with Crippen LogP contribution in [0.5, 0.6) is 17.2 Å². The van der Waals surface area contributed by atoms with E-state index >= 15 is 0 Å². The molecule has 2 aromatic rings. The number of rotatable bonds is 7. The van der Waals surface area contributed by atoms with Gasteiger partial charge in [-0.3, -0.25) is 4.79 Å². The molecule has 5 nitrogen and oxygen atoms in total. The lowest BCUT2D eigenvalue weighted by Crippen LogP contribution is -2.25. The van der Waals surface area contributed by atoms with Crippen LogP contribution < -0.4 is 19.5 Å². The Morgan fingerprint density at radius 1 is 0.957 bits per heavy atom. The predicted molar refractivity (Wildman–Crippen MR) is 88.6 cm³/mol. The maximum absolute atomic E-state index is 12.2. The summed E-state index contributed by atoms with van der Waals surface area (Å²) in [5.74, 6) is 1.80. The molecule has 0 aromatic heterocycles. The summed E-state index contributed by atoms with van der Waals surface area (Å²) in [7, 11) is 4.74. The molecular weight excluding hydrogens is 294 g/mol. The second kappa shape index (κ2) is 8.08. The van der Waals surface area contributed by atoms with E-state index in [0.717, 1.165) is 17.7 Å². The lowest BCUT2D eigenvalue weighted by Gasteiger charge is -2.10. The van der Waals surface area contributed by atoms with Crippen molar-refractivity contribution in [3.63, 3.8) is 0 Å². The van der Waals surface area contributed by atoms with E-state index in [1.807, 2.05) is 24.3 Å². The molecule has 0 saturated carbocycles. The van der Waals surface area contributed by atoms with Crippen molar-refractivity contribution in [1.29, 1.82) is 0 Å². The van der Waals surface area contributed by atoms with Gasteiger partial charge in [0.1, 0.15) is 5.75 Å². The summed E-state index contributed by atoms with van der Waals surface area (Å²) in [6.45, 7) is 0.542. The molecule has 2 aromatic carbocycles. The monoisotopic (exact) mass is 315 g/mol. The van der Waals surface area contributed by atoms with Gasteiger partial charge in [-0.15, -0.1) is 0 Å². The molecule has 0 aliphatic rings. The van der Waals surface area contributed by atoms with Crippen molar-refractivity contribution in [3.05, 3.63) is 53.6 Å². The second-order valence-corrected chi connectivity index (χ2v) is 4.93. The maximum Gasteiger partial charge on any atom is 0.251 e. The van der Waals surface area contributed by atoms with Crippen LogP contribution in [-0.2, 0) is 6.42 Å². The van der Waals surface area contributed by atoms with Crippen LogP contribution in [0.15, 0.2) is 42.5 Å². The van der Waals surface area contributed by atoms with Gasteiger partial charge in [0.05, 0.1) is 21.3 Å². The fourth-order valence-electron chi connectivity index (χ4n) is 2.23. The highest BCUT2D eigenvalue weighted by Crippen LogP contribution is 2.27. The molecule has 0 aliphatic heterocycles. The van der Waals surface area contributed by atoms with Crippen LogP contribution in [0.1, 0.15) is 15.9 Å². The minimum atomic E-state index is -0.145. The first-order valence-corrected chi connectivity index (χ1v) is 7.31. The van der Waals surface area contributed by atoms with E-state index in [2.05, 4.69) is 5.32 Å². The summed E-state index contributed by atoms with van der Waals surface area (Å²) in [6, 6.07) is 12.9. The lowest BCUT2D eigenvalue weighted by atomic mass is 10.1. The molecule has 23 heavy (non-hydrogen) atoms. The maximum atomic E-state index is 12.2. The fourth-order valence-corrected chi connectivity index (χ4v) is 2.23. The molecule has 5 heteroatoms. The molecule has 1 amide bonds. The topological polar surface area (TPSA) is 56.8 Å². The van der Waals surface area contributed by atoms with E-state index in [1.165, 1.54) is 0 Å². The Labute approximate surface area is 136 Å². The number of carbonyl (C=O) groups is 1. The van der Waals surface area contributed by atoms with Crippen molar-refractivity contribution in [2.45, 2.75) is 6.42 Å². The zero-order valence-electron chi connectivity index (χ0n) is 13.6. The summed E-state index contributed by atoms with van der Waals surface area (Å²) in [6.07, 6.45) is 0.732. The summed E-state index contributed by atoms with van der Waals surface area (Å²) >= 11 is 0. The van der Waals surface area contributed by atoms with Crippen LogP contribution in [0, 0.1) is 0 Å². The molecule has 0 spiro atoms. The predicted octanol–water partition coefficient (Wildman–Crippen LogP) is 2.68. The first kappa shape index (κ1) is 16.7.